The Morgan fingerprint density at radius 1 is 1.15 bits per heavy atom. The molecule has 0 heterocycles. The van der Waals surface area contributed by atoms with Gasteiger partial charge in [-0.1, -0.05) is 32.9 Å². The summed E-state index contributed by atoms with van der Waals surface area (Å²) in [6.07, 6.45) is -0.161. The Balaban J connectivity index is 0.00000172. The minimum atomic E-state index is -0.562. The first-order chi connectivity index (χ1) is 9.33. The predicted molar refractivity (Wildman–Crippen MR) is 82.3 cm³/mol. The number of ether oxygens (including phenoxy) is 1. The van der Waals surface area contributed by atoms with Gasteiger partial charge in [0.2, 0.25) is 0 Å². The number of para-hydroxylation sites is 1. The van der Waals surface area contributed by atoms with Gasteiger partial charge < -0.3 is 4.74 Å². The van der Waals surface area contributed by atoms with E-state index in [2.05, 4.69) is 5.32 Å². The van der Waals surface area contributed by atoms with Gasteiger partial charge in [0.1, 0.15) is 5.60 Å². The lowest BCUT2D eigenvalue weighted by atomic mass is 10.1. The first-order valence-electron chi connectivity index (χ1n) is 6.95. The smallest absolute Gasteiger partial charge is 0.412 e. The van der Waals surface area contributed by atoms with Gasteiger partial charge in [-0.3, -0.25) is 10.1 Å². The van der Waals surface area contributed by atoms with Gasteiger partial charge >= 0.3 is 6.09 Å². The second-order valence-electron chi connectivity index (χ2n) is 4.95. The highest BCUT2D eigenvalue weighted by Gasteiger charge is 2.18. The van der Waals surface area contributed by atoms with Gasteiger partial charge in [0, 0.05) is 12.0 Å². The highest BCUT2D eigenvalue weighted by molar-refractivity contribution is 6.03. The lowest BCUT2D eigenvalue weighted by Crippen LogP contribution is -2.27. The maximum atomic E-state index is 11.7. The topological polar surface area (TPSA) is 55.4 Å². The first-order valence-corrected chi connectivity index (χ1v) is 6.95. The molecule has 0 saturated carbocycles. The van der Waals surface area contributed by atoms with E-state index in [1.54, 1.807) is 52.0 Å². The number of nitrogens with one attached hydrogen (secondary N) is 1. The van der Waals surface area contributed by atoms with Crippen LogP contribution >= 0.6 is 0 Å². The number of carbonyl (C=O) groups is 2. The average Bonchev–Trinajstić information content (AvgIpc) is 2.38. The Hall–Kier alpha value is -1.84. The number of Topliss-reactive ketones (excluding diaryl/α,β-unsaturated/α-hetero) is 1. The average molecular weight is 279 g/mol. The van der Waals surface area contributed by atoms with Gasteiger partial charge in [0.05, 0.1) is 5.69 Å². The third-order valence-corrected chi connectivity index (χ3v) is 2.18. The fraction of sp³-hybridized carbons (Fsp3) is 0.500. The molecule has 0 spiro atoms. The summed E-state index contributed by atoms with van der Waals surface area (Å²) in [6.45, 7) is 11.1. The number of hydrogen-bond acceptors (Lipinski definition) is 3. The lowest BCUT2D eigenvalue weighted by Gasteiger charge is -2.20. The summed E-state index contributed by atoms with van der Waals surface area (Å²) in [6, 6.07) is 6.91. The molecular formula is C16H25NO3. The summed E-state index contributed by atoms with van der Waals surface area (Å²) in [4.78, 5) is 23.4. The predicted octanol–water partition coefficient (Wildman–Crippen LogP) is 4.65. The monoisotopic (exact) mass is 279 g/mol. The molecule has 1 aromatic carbocycles. The van der Waals surface area contributed by atoms with Gasteiger partial charge in [-0.15, -0.1) is 0 Å². The van der Waals surface area contributed by atoms with E-state index >= 15 is 0 Å². The summed E-state index contributed by atoms with van der Waals surface area (Å²) >= 11 is 0. The van der Waals surface area contributed by atoms with Crippen molar-refractivity contribution in [2.45, 2.75) is 53.6 Å². The molecule has 0 atom stereocenters. The highest BCUT2D eigenvalue weighted by Crippen LogP contribution is 2.18. The Morgan fingerprint density at radius 2 is 1.70 bits per heavy atom. The summed E-state index contributed by atoms with van der Waals surface area (Å²) < 4.78 is 5.15. The van der Waals surface area contributed by atoms with Crippen LogP contribution in [0.15, 0.2) is 24.3 Å². The van der Waals surface area contributed by atoms with Crippen molar-refractivity contribution in [1.29, 1.82) is 0 Å². The van der Waals surface area contributed by atoms with Crippen molar-refractivity contribution in [3.8, 4) is 0 Å². The summed E-state index contributed by atoms with van der Waals surface area (Å²) in [7, 11) is 0. The normalized spacial score (nSPS) is 10.1. The largest absolute Gasteiger partial charge is 0.444 e. The SMILES string of the molecule is CC.CCC(=O)c1ccccc1NC(=O)OC(C)(C)C. The second kappa shape index (κ2) is 8.35. The molecular weight excluding hydrogens is 254 g/mol. The molecule has 1 aromatic rings. The fourth-order valence-corrected chi connectivity index (χ4v) is 1.44. The van der Waals surface area contributed by atoms with E-state index in [0.717, 1.165) is 0 Å². The quantitative estimate of drug-likeness (QED) is 0.819. The van der Waals surface area contributed by atoms with E-state index < -0.39 is 11.7 Å². The first kappa shape index (κ1) is 18.2. The Kier molecular flexibility index (Phi) is 7.59. The molecule has 1 amide bonds. The molecule has 20 heavy (non-hydrogen) atoms. The van der Waals surface area contributed by atoms with Crippen LogP contribution in [0, 0.1) is 0 Å². The van der Waals surface area contributed by atoms with Crippen molar-refractivity contribution in [1.82, 2.24) is 0 Å². The molecule has 0 aliphatic rings. The van der Waals surface area contributed by atoms with Crippen LogP contribution in [0.5, 0.6) is 0 Å². The molecule has 0 unspecified atom stereocenters. The fourth-order valence-electron chi connectivity index (χ4n) is 1.44. The third kappa shape index (κ3) is 6.36. The van der Waals surface area contributed by atoms with E-state index in [0.29, 0.717) is 17.7 Å². The number of benzene rings is 1. The van der Waals surface area contributed by atoms with Crippen LogP contribution < -0.4 is 5.32 Å². The zero-order valence-corrected chi connectivity index (χ0v) is 13.2. The number of hydrogen-bond donors (Lipinski definition) is 1. The van der Waals surface area contributed by atoms with E-state index in [1.165, 1.54) is 0 Å². The highest BCUT2D eigenvalue weighted by atomic mass is 16.6. The minimum absolute atomic E-state index is 0.0124. The second-order valence-corrected chi connectivity index (χ2v) is 4.95. The Morgan fingerprint density at radius 3 is 2.20 bits per heavy atom. The van der Waals surface area contributed by atoms with E-state index in [-0.39, 0.29) is 5.78 Å². The molecule has 1 rings (SSSR count). The standard InChI is InChI=1S/C14H19NO3.C2H6/c1-5-12(16)10-8-6-7-9-11(10)15-13(17)18-14(2,3)4;1-2/h6-9H,5H2,1-4H3,(H,15,17);1-2H3. The minimum Gasteiger partial charge on any atom is -0.444 e. The van der Waals surface area contributed by atoms with Gasteiger partial charge in [0.25, 0.3) is 0 Å². The summed E-state index contributed by atoms with van der Waals surface area (Å²) in [5, 5.41) is 2.60. The Bertz CT molecular complexity index is 447. The molecule has 0 aliphatic heterocycles. The van der Waals surface area contributed by atoms with Crippen molar-refractivity contribution in [2.24, 2.45) is 0 Å². The van der Waals surface area contributed by atoms with E-state index in [1.807, 2.05) is 13.8 Å². The maximum absolute atomic E-state index is 11.7. The van der Waals surface area contributed by atoms with Crippen molar-refractivity contribution >= 4 is 17.6 Å². The van der Waals surface area contributed by atoms with Crippen molar-refractivity contribution < 1.29 is 14.3 Å². The molecule has 0 fully saturated rings. The molecule has 0 bridgehead atoms. The number of rotatable bonds is 3. The zero-order chi connectivity index (χ0) is 15.8. The van der Waals surface area contributed by atoms with Crippen molar-refractivity contribution in [3.63, 3.8) is 0 Å². The number of amides is 1. The lowest BCUT2D eigenvalue weighted by molar-refractivity contribution is 0.0636. The van der Waals surface area contributed by atoms with Crippen LogP contribution in [0.2, 0.25) is 0 Å². The molecule has 1 N–H and O–H groups in total. The van der Waals surface area contributed by atoms with Crippen LogP contribution in [0.3, 0.4) is 0 Å². The van der Waals surface area contributed by atoms with Gasteiger partial charge in [-0.05, 0) is 32.9 Å². The number of carbonyl (C=O) groups excluding carboxylic acids is 2. The molecule has 0 aromatic heterocycles. The van der Waals surface area contributed by atoms with E-state index in [9.17, 15) is 9.59 Å². The van der Waals surface area contributed by atoms with Crippen LogP contribution in [0.25, 0.3) is 0 Å². The maximum Gasteiger partial charge on any atom is 0.412 e. The molecule has 0 radical (unpaired) electrons. The Labute approximate surface area is 121 Å². The van der Waals surface area contributed by atoms with Crippen LogP contribution in [0.1, 0.15) is 58.3 Å². The van der Waals surface area contributed by atoms with E-state index in [4.69, 9.17) is 4.74 Å². The zero-order valence-electron chi connectivity index (χ0n) is 13.2. The van der Waals surface area contributed by atoms with Gasteiger partial charge in [0.15, 0.2) is 5.78 Å². The summed E-state index contributed by atoms with van der Waals surface area (Å²) in [5.74, 6) is -0.0124. The molecule has 4 nitrogen and oxygen atoms in total. The number of ketones is 1. The van der Waals surface area contributed by atoms with Gasteiger partial charge in [-0.25, -0.2) is 4.79 Å². The van der Waals surface area contributed by atoms with Crippen LogP contribution in [-0.4, -0.2) is 17.5 Å². The third-order valence-electron chi connectivity index (χ3n) is 2.18. The molecule has 0 aliphatic carbocycles. The molecule has 0 saturated heterocycles. The summed E-state index contributed by atoms with van der Waals surface area (Å²) in [5.41, 5.74) is 0.429. The van der Waals surface area contributed by atoms with Crippen molar-refractivity contribution in [3.05, 3.63) is 29.8 Å². The van der Waals surface area contributed by atoms with Gasteiger partial charge in [-0.2, -0.15) is 0 Å². The number of anilines is 1. The van der Waals surface area contributed by atoms with Crippen LogP contribution in [0.4, 0.5) is 10.5 Å². The molecule has 4 heteroatoms. The molecule has 112 valence electrons. The van der Waals surface area contributed by atoms with Crippen molar-refractivity contribution in [2.75, 3.05) is 5.32 Å². The van der Waals surface area contributed by atoms with Crippen LogP contribution in [-0.2, 0) is 4.74 Å².